The summed E-state index contributed by atoms with van der Waals surface area (Å²) in [5, 5.41) is 21.6. The van der Waals surface area contributed by atoms with E-state index in [1.165, 1.54) is 9.80 Å². The molecule has 0 bridgehead atoms. The van der Waals surface area contributed by atoms with E-state index in [-0.39, 0.29) is 63.8 Å². The third-order valence-electron chi connectivity index (χ3n) is 7.72. The van der Waals surface area contributed by atoms with E-state index in [4.69, 9.17) is 4.74 Å². The molecule has 4 rings (SSSR count). The second kappa shape index (κ2) is 14.6. The van der Waals surface area contributed by atoms with Crippen LogP contribution in [0.15, 0.2) is 42.5 Å². The van der Waals surface area contributed by atoms with Gasteiger partial charge >= 0.3 is 12.1 Å². The summed E-state index contributed by atoms with van der Waals surface area (Å²) < 4.78 is 5.04. The highest BCUT2D eigenvalue weighted by Gasteiger charge is 2.31. The number of piperazine rings is 1. The standard InChI is InChI=1S/C30H39N5O7/c1-2-42-30(41)35-16-14-34(15-17-35)29(40)24(8-9-27(37)38)32-28(39)26-19-23(33-12-10-21(20-36)11-13-33)18-25(31-26)22-6-4-3-5-7-22/h3-7,18-19,21,24,36H,2,8-17,20H2,1H3,(H,32,39)(H,37,38)/t24-/m0/s1. The van der Waals surface area contributed by atoms with Gasteiger partial charge in [-0.1, -0.05) is 30.3 Å². The minimum atomic E-state index is -1.08. The first-order valence-electron chi connectivity index (χ1n) is 14.5. The molecule has 12 nitrogen and oxygen atoms in total. The van der Waals surface area contributed by atoms with Crippen LogP contribution in [-0.4, -0.2) is 107 Å². The van der Waals surface area contributed by atoms with Gasteiger partial charge in [0.05, 0.1) is 12.3 Å². The minimum Gasteiger partial charge on any atom is -0.481 e. The summed E-state index contributed by atoms with van der Waals surface area (Å²) in [6.07, 6.45) is 0.827. The van der Waals surface area contributed by atoms with Crippen molar-refractivity contribution in [1.82, 2.24) is 20.1 Å². The van der Waals surface area contributed by atoms with Gasteiger partial charge in [0.25, 0.3) is 5.91 Å². The number of carbonyl (C=O) groups excluding carboxylic acids is 3. The van der Waals surface area contributed by atoms with Crippen molar-refractivity contribution in [2.75, 3.05) is 57.4 Å². The van der Waals surface area contributed by atoms with Gasteiger partial charge in [0.2, 0.25) is 5.91 Å². The third kappa shape index (κ3) is 7.96. The minimum absolute atomic E-state index is 0.0854. The van der Waals surface area contributed by atoms with Gasteiger partial charge in [0.15, 0.2) is 0 Å². The predicted molar refractivity (Wildman–Crippen MR) is 155 cm³/mol. The second-order valence-corrected chi connectivity index (χ2v) is 10.5. The lowest BCUT2D eigenvalue weighted by atomic mass is 9.97. The molecule has 0 unspecified atom stereocenters. The molecule has 42 heavy (non-hydrogen) atoms. The highest BCUT2D eigenvalue weighted by molar-refractivity contribution is 5.97. The fourth-order valence-corrected chi connectivity index (χ4v) is 5.25. The quantitative estimate of drug-likeness (QED) is 0.383. The number of pyridine rings is 1. The van der Waals surface area contributed by atoms with E-state index in [0.29, 0.717) is 5.69 Å². The first kappa shape index (κ1) is 30.8. The van der Waals surface area contributed by atoms with Crippen molar-refractivity contribution in [3.63, 3.8) is 0 Å². The van der Waals surface area contributed by atoms with Crippen LogP contribution in [0.25, 0.3) is 11.3 Å². The fraction of sp³-hybridized carbons (Fsp3) is 0.500. The lowest BCUT2D eigenvalue weighted by Crippen LogP contribution is -2.56. The summed E-state index contributed by atoms with van der Waals surface area (Å²) in [6, 6.07) is 12.0. The van der Waals surface area contributed by atoms with Crippen LogP contribution < -0.4 is 10.2 Å². The van der Waals surface area contributed by atoms with Crippen molar-refractivity contribution < 1.29 is 34.1 Å². The molecule has 1 aromatic carbocycles. The number of hydrogen-bond acceptors (Lipinski definition) is 8. The maximum absolute atomic E-state index is 13.6. The molecule has 0 saturated carbocycles. The smallest absolute Gasteiger partial charge is 0.409 e. The average Bonchev–Trinajstić information content (AvgIpc) is 3.03. The zero-order valence-corrected chi connectivity index (χ0v) is 23.9. The van der Waals surface area contributed by atoms with Crippen LogP contribution in [0, 0.1) is 5.92 Å². The first-order chi connectivity index (χ1) is 20.3. The Hall–Kier alpha value is -4.19. The van der Waals surface area contributed by atoms with Crippen molar-refractivity contribution in [3.05, 3.63) is 48.2 Å². The molecule has 3 amide bonds. The largest absolute Gasteiger partial charge is 0.481 e. The SMILES string of the molecule is CCOC(=O)N1CCN(C(=O)[C@H](CCC(=O)O)NC(=O)c2cc(N3CCC(CO)CC3)cc(-c3ccccc3)n2)CC1. The number of rotatable bonds is 10. The lowest BCUT2D eigenvalue weighted by Gasteiger charge is -2.36. The highest BCUT2D eigenvalue weighted by atomic mass is 16.6. The molecule has 1 aromatic heterocycles. The number of nitrogens with one attached hydrogen (secondary N) is 1. The molecule has 226 valence electrons. The van der Waals surface area contributed by atoms with Gasteiger partial charge < -0.3 is 35.0 Å². The number of carboxylic acid groups (broad SMARTS) is 1. The third-order valence-corrected chi connectivity index (χ3v) is 7.72. The van der Waals surface area contributed by atoms with Crippen molar-refractivity contribution in [3.8, 4) is 11.3 Å². The molecule has 1 atom stereocenters. The van der Waals surface area contributed by atoms with Gasteiger partial charge in [0.1, 0.15) is 11.7 Å². The second-order valence-electron chi connectivity index (χ2n) is 10.5. The average molecular weight is 582 g/mol. The van der Waals surface area contributed by atoms with Crippen molar-refractivity contribution >= 4 is 29.6 Å². The number of aromatic nitrogens is 1. The van der Waals surface area contributed by atoms with Crippen molar-refractivity contribution in [2.45, 2.75) is 38.6 Å². The number of benzene rings is 1. The Bertz CT molecular complexity index is 1240. The molecule has 12 heteroatoms. The summed E-state index contributed by atoms with van der Waals surface area (Å²) in [4.78, 5) is 60.3. The molecule has 0 aliphatic carbocycles. The molecule has 2 aliphatic heterocycles. The maximum Gasteiger partial charge on any atom is 0.409 e. The Balaban J connectivity index is 1.54. The highest BCUT2D eigenvalue weighted by Crippen LogP contribution is 2.28. The van der Waals surface area contributed by atoms with Gasteiger partial charge in [-0.25, -0.2) is 9.78 Å². The van der Waals surface area contributed by atoms with E-state index in [1.54, 1.807) is 13.0 Å². The van der Waals surface area contributed by atoms with Gasteiger partial charge in [0, 0.05) is 63.5 Å². The number of piperidine rings is 1. The maximum atomic E-state index is 13.6. The normalized spacial score (nSPS) is 16.6. The number of hydrogen-bond donors (Lipinski definition) is 3. The monoisotopic (exact) mass is 581 g/mol. The predicted octanol–water partition coefficient (Wildman–Crippen LogP) is 2.22. The summed E-state index contributed by atoms with van der Waals surface area (Å²) in [7, 11) is 0. The van der Waals surface area contributed by atoms with Gasteiger partial charge in [-0.05, 0) is 44.2 Å². The number of aliphatic hydroxyl groups excluding tert-OH is 1. The molecule has 2 aromatic rings. The summed E-state index contributed by atoms with van der Waals surface area (Å²) in [5.74, 6) is -1.81. The van der Waals surface area contributed by atoms with Gasteiger partial charge in [-0.3, -0.25) is 14.4 Å². The number of aliphatic hydroxyl groups is 1. The Morgan fingerprint density at radius 2 is 1.67 bits per heavy atom. The van der Waals surface area contributed by atoms with Crippen LogP contribution in [-0.2, 0) is 14.3 Å². The first-order valence-corrected chi connectivity index (χ1v) is 14.5. The number of amides is 3. The molecule has 2 fully saturated rings. The number of anilines is 1. The van der Waals surface area contributed by atoms with Crippen molar-refractivity contribution in [1.29, 1.82) is 0 Å². The molecule has 3 heterocycles. The van der Waals surface area contributed by atoms with Crippen LogP contribution >= 0.6 is 0 Å². The van der Waals surface area contributed by atoms with Crippen LogP contribution in [0.4, 0.5) is 10.5 Å². The molecule has 3 N–H and O–H groups in total. The lowest BCUT2D eigenvalue weighted by molar-refractivity contribution is -0.138. The van der Waals surface area contributed by atoms with Crippen LogP contribution in [0.5, 0.6) is 0 Å². The Kier molecular flexibility index (Phi) is 10.7. The van der Waals surface area contributed by atoms with Gasteiger partial charge in [-0.15, -0.1) is 0 Å². The van der Waals surface area contributed by atoms with Crippen LogP contribution in [0.1, 0.15) is 43.1 Å². The van der Waals surface area contributed by atoms with Crippen LogP contribution in [0.2, 0.25) is 0 Å². The molecule has 0 spiro atoms. The number of nitrogens with zero attached hydrogens (tertiary/aromatic N) is 4. The Morgan fingerprint density at radius 1 is 1.00 bits per heavy atom. The number of carboxylic acids is 1. The van der Waals surface area contributed by atoms with E-state index in [9.17, 15) is 29.4 Å². The Morgan fingerprint density at radius 3 is 2.29 bits per heavy atom. The van der Waals surface area contributed by atoms with E-state index in [0.717, 1.165) is 37.2 Å². The molecular formula is C30H39N5O7. The molecule has 0 radical (unpaired) electrons. The zero-order valence-electron chi connectivity index (χ0n) is 23.9. The molecular weight excluding hydrogens is 542 g/mol. The van der Waals surface area contributed by atoms with Crippen LogP contribution in [0.3, 0.4) is 0 Å². The topological polar surface area (TPSA) is 153 Å². The number of ether oxygens (including phenoxy) is 1. The van der Waals surface area contributed by atoms with E-state index in [1.807, 2.05) is 36.4 Å². The summed E-state index contributed by atoms with van der Waals surface area (Å²) in [5.41, 5.74) is 2.37. The molecule has 2 aliphatic rings. The van der Waals surface area contributed by atoms with E-state index < -0.39 is 29.9 Å². The summed E-state index contributed by atoms with van der Waals surface area (Å²) >= 11 is 0. The molecule has 2 saturated heterocycles. The van der Waals surface area contributed by atoms with E-state index in [2.05, 4.69) is 15.2 Å². The summed E-state index contributed by atoms with van der Waals surface area (Å²) in [6.45, 7) is 4.62. The Labute approximate surface area is 245 Å². The number of aliphatic carboxylic acids is 1. The zero-order chi connectivity index (χ0) is 30.1. The number of carbonyl (C=O) groups is 4. The van der Waals surface area contributed by atoms with Gasteiger partial charge in [-0.2, -0.15) is 0 Å². The van der Waals surface area contributed by atoms with E-state index >= 15 is 0 Å². The fourth-order valence-electron chi connectivity index (χ4n) is 5.25. The van der Waals surface area contributed by atoms with Crippen molar-refractivity contribution in [2.24, 2.45) is 5.92 Å².